The van der Waals surface area contributed by atoms with Crippen LogP contribution in [0.3, 0.4) is 0 Å². The summed E-state index contributed by atoms with van der Waals surface area (Å²) in [5.74, 6) is 0. The summed E-state index contributed by atoms with van der Waals surface area (Å²) in [5, 5.41) is 3.81. The fraction of sp³-hybridized carbons (Fsp3) is 0.368. The fourth-order valence-corrected chi connectivity index (χ4v) is 3.02. The first-order valence-corrected chi connectivity index (χ1v) is 7.79. The van der Waals surface area contributed by atoms with Gasteiger partial charge in [0.2, 0.25) is 0 Å². The molecule has 21 heavy (non-hydrogen) atoms. The Morgan fingerprint density at radius 2 is 1.71 bits per heavy atom. The summed E-state index contributed by atoms with van der Waals surface area (Å²) in [6.07, 6.45) is 2.40. The van der Waals surface area contributed by atoms with E-state index in [0.29, 0.717) is 18.2 Å². The molecule has 0 aromatic heterocycles. The van der Waals surface area contributed by atoms with E-state index < -0.39 is 0 Å². The first-order chi connectivity index (χ1) is 10.3. The molecular formula is C19H23NO. The summed E-state index contributed by atoms with van der Waals surface area (Å²) < 4.78 is 5.69. The molecule has 1 heterocycles. The Morgan fingerprint density at radius 1 is 1.05 bits per heavy atom. The van der Waals surface area contributed by atoms with E-state index in [2.05, 4.69) is 72.9 Å². The summed E-state index contributed by atoms with van der Waals surface area (Å²) in [6, 6.07) is 22.2. The Kier molecular flexibility index (Phi) is 4.69. The van der Waals surface area contributed by atoms with Crippen molar-refractivity contribution in [3.8, 4) is 0 Å². The van der Waals surface area contributed by atoms with Gasteiger partial charge in [0.1, 0.15) is 0 Å². The van der Waals surface area contributed by atoms with Gasteiger partial charge in [-0.2, -0.15) is 0 Å². The van der Waals surface area contributed by atoms with E-state index in [0.717, 1.165) is 19.4 Å². The monoisotopic (exact) mass is 281 g/mol. The molecule has 0 bridgehead atoms. The molecule has 2 aromatic rings. The van der Waals surface area contributed by atoms with Gasteiger partial charge in [-0.1, -0.05) is 60.7 Å². The minimum absolute atomic E-state index is 0.298. The molecule has 1 aliphatic rings. The average Bonchev–Trinajstić information content (AvgIpc) is 2.94. The van der Waals surface area contributed by atoms with Crippen molar-refractivity contribution in [2.45, 2.75) is 38.0 Å². The molecule has 0 spiro atoms. The largest absolute Gasteiger partial charge is 0.377 e. The molecule has 0 aliphatic carbocycles. The number of benzene rings is 2. The molecule has 1 aliphatic heterocycles. The maximum absolute atomic E-state index is 5.69. The van der Waals surface area contributed by atoms with Crippen LogP contribution in [0.1, 0.15) is 30.5 Å². The Hall–Kier alpha value is -1.64. The van der Waals surface area contributed by atoms with Crippen LogP contribution in [0.5, 0.6) is 0 Å². The summed E-state index contributed by atoms with van der Waals surface area (Å²) >= 11 is 0. The van der Waals surface area contributed by atoms with Crippen molar-refractivity contribution >= 4 is 0 Å². The van der Waals surface area contributed by atoms with Crippen LogP contribution in [0, 0.1) is 0 Å². The molecule has 1 fully saturated rings. The van der Waals surface area contributed by atoms with Gasteiger partial charge in [-0.05, 0) is 30.9 Å². The Bertz CT molecular complexity index is 540. The van der Waals surface area contributed by atoms with E-state index in [4.69, 9.17) is 4.74 Å². The van der Waals surface area contributed by atoms with Crippen molar-refractivity contribution in [2.75, 3.05) is 6.61 Å². The van der Waals surface area contributed by atoms with E-state index in [1.165, 1.54) is 11.1 Å². The molecule has 1 saturated heterocycles. The second kappa shape index (κ2) is 6.88. The Morgan fingerprint density at radius 3 is 2.33 bits per heavy atom. The van der Waals surface area contributed by atoms with E-state index in [1.807, 2.05) is 0 Å². The first kappa shape index (κ1) is 14.3. The second-order valence-corrected chi connectivity index (χ2v) is 5.79. The van der Waals surface area contributed by atoms with Crippen molar-refractivity contribution in [1.29, 1.82) is 0 Å². The summed E-state index contributed by atoms with van der Waals surface area (Å²) in [5.41, 5.74) is 2.71. The Labute approximate surface area is 127 Å². The van der Waals surface area contributed by atoms with Gasteiger partial charge >= 0.3 is 0 Å². The lowest BCUT2D eigenvalue weighted by atomic mass is 9.97. The molecule has 3 atom stereocenters. The van der Waals surface area contributed by atoms with E-state index in [9.17, 15) is 0 Å². The lowest BCUT2D eigenvalue weighted by Gasteiger charge is -2.25. The topological polar surface area (TPSA) is 21.3 Å². The normalized spacial score (nSPS) is 23.1. The molecule has 2 aromatic carbocycles. The summed E-state index contributed by atoms with van der Waals surface area (Å²) in [4.78, 5) is 0. The number of rotatable bonds is 5. The molecule has 0 radical (unpaired) electrons. The third kappa shape index (κ3) is 3.72. The zero-order valence-corrected chi connectivity index (χ0v) is 12.5. The molecule has 0 amide bonds. The predicted molar refractivity (Wildman–Crippen MR) is 86.3 cm³/mol. The average molecular weight is 281 g/mol. The van der Waals surface area contributed by atoms with Gasteiger partial charge in [0.25, 0.3) is 0 Å². The smallest absolute Gasteiger partial charge is 0.0700 e. The number of hydrogen-bond donors (Lipinski definition) is 1. The third-order valence-corrected chi connectivity index (χ3v) is 4.28. The maximum Gasteiger partial charge on any atom is 0.0700 e. The quantitative estimate of drug-likeness (QED) is 0.901. The highest BCUT2D eigenvalue weighted by molar-refractivity contribution is 5.24. The van der Waals surface area contributed by atoms with Crippen LogP contribution < -0.4 is 5.32 Å². The van der Waals surface area contributed by atoms with Crippen LogP contribution >= 0.6 is 0 Å². The third-order valence-electron chi connectivity index (χ3n) is 4.28. The maximum atomic E-state index is 5.69. The summed E-state index contributed by atoms with van der Waals surface area (Å²) in [6.45, 7) is 3.03. The van der Waals surface area contributed by atoms with Gasteiger partial charge in [-0.25, -0.2) is 0 Å². The molecule has 3 unspecified atom stereocenters. The van der Waals surface area contributed by atoms with E-state index in [-0.39, 0.29) is 0 Å². The summed E-state index contributed by atoms with van der Waals surface area (Å²) in [7, 11) is 0. The van der Waals surface area contributed by atoms with Gasteiger partial charge in [-0.15, -0.1) is 0 Å². The molecular weight excluding hydrogens is 258 g/mol. The molecule has 1 N–H and O–H groups in total. The van der Waals surface area contributed by atoms with Crippen LogP contribution in [-0.4, -0.2) is 18.8 Å². The lowest BCUT2D eigenvalue weighted by molar-refractivity contribution is 0.111. The SMILES string of the molecule is CC1OCCC1NC(Cc1ccccc1)c1ccccc1. The zero-order chi connectivity index (χ0) is 14.5. The molecule has 2 nitrogen and oxygen atoms in total. The molecule has 2 heteroatoms. The zero-order valence-electron chi connectivity index (χ0n) is 12.5. The van der Waals surface area contributed by atoms with Crippen LogP contribution in [0.4, 0.5) is 0 Å². The minimum Gasteiger partial charge on any atom is -0.377 e. The molecule has 110 valence electrons. The highest BCUT2D eigenvalue weighted by Crippen LogP contribution is 2.22. The van der Waals surface area contributed by atoms with Crippen LogP contribution in [0.25, 0.3) is 0 Å². The minimum atomic E-state index is 0.298. The number of hydrogen-bond acceptors (Lipinski definition) is 2. The lowest BCUT2D eigenvalue weighted by Crippen LogP contribution is -2.38. The Balaban J connectivity index is 1.77. The second-order valence-electron chi connectivity index (χ2n) is 5.79. The van der Waals surface area contributed by atoms with E-state index in [1.54, 1.807) is 0 Å². The van der Waals surface area contributed by atoms with Gasteiger partial charge < -0.3 is 10.1 Å². The first-order valence-electron chi connectivity index (χ1n) is 7.79. The van der Waals surface area contributed by atoms with Crippen molar-refractivity contribution < 1.29 is 4.74 Å². The van der Waals surface area contributed by atoms with Crippen molar-refractivity contribution in [2.24, 2.45) is 0 Å². The highest BCUT2D eigenvalue weighted by atomic mass is 16.5. The van der Waals surface area contributed by atoms with Gasteiger partial charge in [0.05, 0.1) is 6.10 Å². The van der Waals surface area contributed by atoms with Crippen LogP contribution in [0.15, 0.2) is 60.7 Å². The number of nitrogens with one attached hydrogen (secondary N) is 1. The van der Waals surface area contributed by atoms with Crippen LogP contribution in [0.2, 0.25) is 0 Å². The van der Waals surface area contributed by atoms with Gasteiger partial charge in [0.15, 0.2) is 0 Å². The van der Waals surface area contributed by atoms with Gasteiger partial charge in [-0.3, -0.25) is 0 Å². The van der Waals surface area contributed by atoms with Crippen molar-refractivity contribution in [3.63, 3.8) is 0 Å². The molecule has 0 saturated carbocycles. The number of ether oxygens (including phenoxy) is 1. The van der Waals surface area contributed by atoms with Crippen molar-refractivity contribution in [1.82, 2.24) is 5.32 Å². The van der Waals surface area contributed by atoms with Gasteiger partial charge in [0, 0.05) is 18.7 Å². The molecule has 3 rings (SSSR count). The van der Waals surface area contributed by atoms with Crippen LogP contribution in [-0.2, 0) is 11.2 Å². The highest BCUT2D eigenvalue weighted by Gasteiger charge is 2.27. The standard InChI is InChI=1S/C19H23NO/c1-15-18(12-13-21-15)20-19(17-10-6-3-7-11-17)14-16-8-4-2-5-9-16/h2-11,15,18-20H,12-14H2,1H3. The predicted octanol–water partition coefficient (Wildman–Crippen LogP) is 3.74. The van der Waals surface area contributed by atoms with Crippen molar-refractivity contribution in [3.05, 3.63) is 71.8 Å². The fourth-order valence-electron chi connectivity index (χ4n) is 3.02. The van der Waals surface area contributed by atoms with E-state index >= 15 is 0 Å².